The van der Waals surface area contributed by atoms with E-state index in [9.17, 15) is 4.79 Å². The van der Waals surface area contributed by atoms with E-state index in [1.165, 1.54) is 13.2 Å². The third-order valence-electron chi connectivity index (χ3n) is 9.59. The molecular weight excluding hydrogens is 603 g/mol. The maximum Gasteiger partial charge on any atom is 0.338 e. The van der Waals surface area contributed by atoms with Gasteiger partial charge in [0.25, 0.3) is 5.79 Å². The van der Waals surface area contributed by atoms with E-state index in [4.69, 9.17) is 40.3 Å². The highest BCUT2D eigenvalue weighted by Gasteiger charge is 2.59. The minimum Gasteiger partial charge on any atom is -0.494 e. The number of fused-ring (bicyclic) bond motifs is 3. The summed E-state index contributed by atoms with van der Waals surface area (Å²) >= 11 is 6.03. The summed E-state index contributed by atoms with van der Waals surface area (Å²) in [6.07, 6.45) is 2.60. The van der Waals surface area contributed by atoms with Crippen molar-refractivity contribution >= 4 is 28.6 Å². The van der Waals surface area contributed by atoms with E-state index in [0.29, 0.717) is 57.7 Å². The molecule has 0 spiro atoms. The maximum atomic E-state index is 15.5. The Kier molecular flexibility index (Phi) is 6.70. The van der Waals surface area contributed by atoms with E-state index in [2.05, 4.69) is 14.5 Å². The lowest BCUT2D eigenvalue weighted by molar-refractivity contribution is -0.0721. The first-order valence-corrected chi connectivity index (χ1v) is 15.5. The van der Waals surface area contributed by atoms with Crippen LogP contribution < -0.4 is 14.2 Å². The molecule has 2 aromatic heterocycles. The van der Waals surface area contributed by atoms with Crippen molar-refractivity contribution < 1.29 is 32.9 Å². The van der Waals surface area contributed by atoms with Crippen molar-refractivity contribution in [3.8, 4) is 17.2 Å². The fourth-order valence-electron chi connectivity index (χ4n) is 7.18. The van der Waals surface area contributed by atoms with Gasteiger partial charge in [0.2, 0.25) is 0 Å². The summed E-state index contributed by atoms with van der Waals surface area (Å²) in [6, 6.07) is 10.0. The highest BCUT2D eigenvalue weighted by molar-refractivity contribution is 6.30. The number of nitrogens with zero attached hydrogens (tertiary/aromatic N) is 4. The first-order valence-electron chi connectivity index (χ1n) is 15.1. The lowest BCUT2D eigenvalue weighted by atomic mass is 10.0. The van der Waals surface area contributed by atoms with Crippen molar-refractivity contribution in [3.63, 3.8) is 0 Å². The summed E-state index contributed by atoms with van der Waals surface area (Å²) in [4.78, 5) is 24.2. The summed E-state index contributed by atoms with van der Waals surface area (Å²) in [5.41, 5.74) is 3.04. The molecule has 2 aromatic carbocycles. The monoisotopic (exact) mass is 634 g/mol. The van der Waals surface area contributed by atoms with Gasteiger partial charge in [0.05, 0.1) is 49.5 Å². The Morgan fingerprint density at radius 3 is 2.62 bits per heavy atom. The van der Waals surface area contributed by atoms with E-state index in [-0.39, 0.29) is 29.7 Å². The molecule has 0 radical (unpaired) electrons. The summed E-state index contributed by atoms with van der Waals surface area (Å²) in [7, 11) is 2.93. The molecule has 3 aliphatic heterocycles. The van der Waals surface area contributed by atoms with Gasteiger partial charge >= 0.3 is 5.97 Å². The Morgan fingerprint density at radius 2 is 1.96 bits per heavy atom. The van der Waals surface area contributed by atoms with Crippen molar-refractivity contribution in [1.82, 2.24) is 19.4 Å². The summed E-state index contributed by atoms with van der Waals surface area (Å²) < 4.78 is 46.5. The predicted octanol–water partition coefficient (Wildman–Crippen LogP) is 5.30. The number of benzene rings is 2. The van der Waals surface area contributed by atoms with Crippen molar-refractivity contribution in [1.29, 1.82) is 0 Å². The van der Waals surface area contributed by atoms with Crippen LogP contribution in [0.1, 0.15) is 46.7 Å². The van der Waals surface area contributed by atoms with Crippen molar-refractivity contribution in [2.24, 2.45) is 11.8 Å². The zero-order chi connectivity index (χ0) is 31.0. The molecule has 3 fully saturated rings. The Balaban J connectivity index is 1.04. The third kappa shape index (κ3) is 4.71. The highest BCUT2D eigenvalue weighted by atomic mass is 35.5. The number of likely N-dealkylation sites (tertiary alicyclic amines) is 1. The quantitative estimate of drug-likeness (QED) is 0.239. The van der Waals surface area contributed by atoms with Gasteiger partial charge < -0.3 is 28.3 Å². The number of methoxy groups -OCH3 is 2. The number of imidazole rings is 1. The number of halogens is 2. The molecule has 1 saturated carbocycles. The van der Waals surface area contributed by atoms with Crippen molar-refractivity contribution in [2.75, 3.05) is 33.9 Å². The first kappa shape index (κ1) is 28.5. The standard InChI is InChI=1S/C33H32ClFN4O6/c1-33(26-7-4-18(34)12-36-26)44-24-6-5-22(35)29(31(24)45-33)28-20-14-38(15-21(20)28)16-27-37-30-23(39(27)13-19-8-9-43-19)10-17(32(40)42-3)11-25(30)41-2/h4-7,10-12,19-21,28H,8-9,13-16H2,1-3H3/t19-,20-,21+,28+,33?/m0/s1. The van der Waals surface area contributed by atoms with Crippen LogP contribution in [0.4, 0.5) is 4.39 Å². The Bertz CT molecular complexity index is 1820. The van der Waals surface area contributed by atoms with Crippen LogP contribution in [-0.4, -0.2) is 65.4 Å². The van der Waals surface area contributed by atoms with Gasteiger partial charge in [-0.3, -0.25) is 9.88 Å². The average Bonchev–Trinajstić information content (AvgIpc) is 3.31. The van der Waals surface area contributed by atoms with Crippen molar-refractivity contribution in [2.45, 2.75) is 44.2 Å². The van der Waals surface area contributed by atoms with Crippen LogP contribution in [-0.2, 0) is 28.4 Å². The summed E-state index contributed by atoms with van der Waals surface area (Å²) in [5.74, 6) is 1.05. The van der Waals surface area contributed by atoms with Gasteiger partial charge in [0.1, 0.15) is 28.6 Å². The molecule has 2 saturated heterocycles. The van der Waals surface area contributed by atoms with E-state index in [1.54, 1.807) is 44.5 Å². The van der Waals surface area contributed by atoms with Gasteiger partial charge in [-0.25, -0.2) is 14.2 Å². The van der Waals surface area contributed by atoms with E-state index >= 15 is 4.39 Å². The number of hydrogen-bond donors (Lipinski definition) is 0. The number of aromatic nitrogens is 3. The number of esters is 1. The van der Waals surface area contributed by atoms with Crippen molar-refractivity contribution in [3.05, 3.63) is 76.1 Å². The largest absolute Gasteiger partial charge is 0.494 e. The van der Waals surface area contributed by atoms with Gasteiger partial charge in [-0.05, 0) is 60.6 Å². The number of hydrogen-bond acceptors (Lipinski definition) is 9. The molecule has 0 N–H and O–H groups in total. The van der Waals surface area contributed by atoms with Gasteiger partial charge in [0.15, 0.2) is 11.5 Å². The fraction of sp³-hybridized carbons (Fsp3) is 0.424. The molecule has 0 amide bonds. The highest BCUT2D eigenvalue weighted by Crippen LogP contribution is 2.63. The second kappa shape index (κ2) is 10.6. The van der Waals surface area contributed by atoms with Gasteiger partial charge in [-0.1, -0.05) is 11.6 Å². The second-order valence-corrected chi connectivity index (χ2v) is 12.7. The van der Waals surface area contributed by atoms with E-state index < -0.39 is 11.8 Å². The number of carbonyl (C=O) groups is 1. The molecule has 5 heterocycles. The van der Waals surface area contributed by atoms with Gasteiger partial charge in [-0.15, -0.1) is 0 Å². The average molecular weight is 635 g/mol. The van der Waals surface area contributed by atoms with Crippen LogP contribution >= 0.6 is 11.6 Å². The zero-order valence-electron chi connectivity index (χ0n) is 25.1. The normalized spacial score (nSPS) is 26.5. The predicted molar refractivity (Wildman–Crippen MR) is 161 cm³/mol. The number of pyridine rings is 1. The van der Waals surface area contributed by atoms with Crippen LogP contribution in [0, 0.1) is 17.7 Å². The minimum atomic E-state index is -1.18. The number of carbonyl (C=O) groups excluding carboxylic acids is 1. The van der Waals surface area contributed by atoms with Crippen LogP contribution in [0.25, 0.3) is 11.0 Å². The number of piperidine rings is 1. The van der Waals surface area contributed by atoms with Crippen LogP contribution in [0.5, 0.6) is 17.2 Å². The SMILES string of the molecule is COC(=O)c1cc(OC)c2nc(CN3C[C@@H]4[C@H](C3)[C@H]4c3c(F)ccc4c3OC(C)(c3ccc(Cl)cn3)O4)n(C[C@@H]3CCO3)c2c1. The topological polar surface area (TPSA) is 97.2 Å². The zero-order valence-corrected chi connectivity index (χ0v) is 25.8. The summed E-state index contributed by atoms with van der Waals surface area (Å²) in [5, 5.41) is 0.511. The molecule has 234 valence electrons. The van der Waals surface area contributed by atoms with Gasteiger partial charge in [-0.2, -0.15) is 0 Å². The molecule has 5 atom stereocenters. The number of ether oxygens (including phenoxy) is 5. The van der Waals surface area contributed by atoms with Crippen LogP contribution in [0.2, 0.25) is 5.02 Å². The molecule has 4 aromatic rings. The molecule has 45 heavy (non-hydrogen) atoms. The molecule has 10 nitrogen and oxygen atoms in total. The molecule has 1 unspecified atom stereocenters. The number of rotatable bonds is 8. The molecule has 0 bridgehead atoms. The minimum absolute atomic E-state index is 0.0326. The lowest BCUT2D eigenvalue weighted by Gasteiger charge is -2.28. The molecule has 4 aliphatic rings. The fourth-order valence-corrected chi connectivity index (χ4v) is 7.30. The Labute approximate surface area is 263 Å². The lowest BCUT2D eigenvalue weighted by Crippen LogP contribution is -2.33. The van der Waals surface area contributed by atoms with E-state index in [1.807, 2.05) is 6.07 Å². The molecular formula is C33H32ClFN4O6. The molecule has 12 heteroatoms. The smallest absolute Gasteiger partial charge is 0.338 e. The maximum absolute atomic E-state index is 15.5. The first-order chi connectivity index (χ1) is 21.8. The van der Waals surface area contributed by atoms with Crippen LogP contribution in [0.15, 0.2) is 42.6 Å². The molecule has 8 rings (SSSR count). The van der Waals surface area contributed by atoms with Gasteiger partial charge in [0, 0.05) is 38.4 Å². The third-order valence-corrected chi connectivity index (χ3v) is 9.81. The Morgan fingerprint density at radius 1 is 1.16 bits per heavy atom. The Hall–Kier alpha value is -3.93. The molecule has 1 aliphatic carbocycles. The second-order valence-electron chi connectivity index (χ2n) is 12.3. The summed E-state index contributed by atoms with van der Waals surface area (Å²) in [6.45, 7) is 5.34. The van der Waals surface area contributed by atoms with E-state index in [0.717, 1.165) is 37.5 Å². The van der Waals surface area contributed by atoms with Crippen LogP contribution in [0.3, 0.4) is 0 Å².